The van der Waals surface area contributed by atoms with Crippen molar-refractivity contribution in [1.29, 1.82) is 0 Å². The van der Waals surface area contributed by atoms with E-state index in [2.05, 4.69) is 24.0 Å². The predicted octanol–water partition coefficient (Wildman–Crippen LogP) is 1.45. The summed E-state index contributed by atoms with van der Waals surface area (Å²) >= 11 is 0. The van der Waals surface area contributed by atoms with Crippen molar-refractivity contribution in [3.05, 3.63) is 35.4 Å². The molecular weight excluding hydrogens is 212 g/mol. The van der Waals surface area contributed by atoms with Gasteiger partial charge < -0.3 is 15.7 Å². The summed E-state index contributed by atoms with van der Waals surface area (Å²) in [7, 11) is 0. The number of nitrogens with two attached hydrogens (primary N) is 1. The third kappa shape index (κ3) is 3.53. The van der Waals surface area contributed by atoms with Crippen molar-refractivity contribution in [2.45, 2.75) is 31.9 Å². The highest BCUT2D eigenvalue weighted by Gasteiger charge is 2.19. The number of aryl methyl sites for hydroxylation is 1. The van der Waals surface area contributed by atoms with Gasteiger partial charge in [0.05, 0.1) is 6.10 Å². The van der Waals surface area contributed by atoms with Crippen molar-refractivity contribution in [3.63, 3.8) is 0 Å². The minimum atomic E-state index is -0.385. The molecule has 1 atom stereocenters. The fourth-order valence-electron chi connectivity index (χ4n) is 2.36. The van der Waals surface area contributed by atoms with Crippen LogP contribution in [0.5, 0.6) is 0 Å². The van der Waals surface area contributed by atoms with Gasteiger partial charge in [0.1, 0.15) is 0 Å². The minimum absolute atomic E-state index is 0.349. The zero-order chi connectivity index (χ0) is 12.3. The largest absolute Gasteiger partial charge is 0.387 e. The topological polar surface area (TPSA) is 49.5 Å². The van der Waals surface area contributed by atoms with E-state index in [9.17, 15) is 5.11 Å². The third-order valence-electron chi connectivity index (χ3n) is 3.49. The lowest BCUT2D eigenvalue weighted by Crippen LogP contribution is -2.41. The molecule has 1 aliphatic rings. The molecule has 3 N–H and O–H groups in total. The molecule has 2 rings (SSSR count). The fourth-order valence-corrected chi connectivity index (χ4v) is 2.36. The molecule has 0 aliphatic carbocycles. The molecule has 1 aromatic rings. The monoisotopic (exact) mass is 234 g/mol. The second kappa shape index (κ2) is 5.63. The first-order valence-electron chi connectivity index (χ1n) is 6.38. The first kappa shape index (κ1) is 12.6. The standard InChI is InChI=1S/C14H22N2O/c1-11-3-2-4-12(9-11)14(17)10-16-7-5-13(15)6-8-16/h2-4,9,13-14,17H,5-8,10,15H2,1H3. The predicted molar refractivity (Wildman–Crippen MR) is 69.8 cm³/mol. The summed E-state index contributed by atoms with van der Waals surface area (Å²) in [6, 6.07) is 8.45. The zero-order valence-corrected chi connectivity index (χ0v) is 10.5. The van der Waals surface area contributed by atoms with Gasteiger partial charge in [0.2, 0.25) is 0 Å². The molecule has 1 heterocycles. The molecule has 94 valence electrons. The van der Waals surface area contributed by atoms with E-state index >= 15 is 0 Å². The summed E-state index contributed by atoms with van der Waals surface area (Å²) < 4.78 is 0. The highest BCUT2D eigenvalue weighted by Crippen LogP contribution is 2.18. The third-order valence-corrected chi connectivity index (χ3v) is 3.49. The molecule has 0 aromatic heterocycles. The Labute approximate surface area is 103 Å². The Morgan fingerprint density at radius 1 is 1.41 bits per heavy atom. The van der Waals surface area contributed by atoms with Gasteiger partial charge in [0, 0.05) is 12.6 Å². The van der Waals surface area contributed by atoms with Crippen molar-refractivity contribution in [2.24, 2.45) is 5.73 Å². The van der Waals surface area contributed by atoms with E-state index in [0.29, 0.717) is 6.04 Å². The van der Waals surface area contributed by atoms with Crippen LogP contribution < -0.4 is 5.73 Å². The van der Waals surface area contributed by atoms with Crippen LogP contribution in [0.25, 0.3) is 0 Å². The summed E-state index contributed by atoms with van der Waals surface area (Å²) in [5, 5.41) is 10.2. The Morgan fingerprint density at radius 2 is 2.12 bits per heavy atom. The van der Waals surface area contributed by atoms with Crippen molar-refractivity contribution in [1.82, 2.24) is 4.90 Å². The Morgan fingerprint density at radius 3 is 2.76 bits per heavy atom. The van der Waals surface area contributed by atoms with Gasteiger partial charge in [-0.15, -0.1) is 0 Å². The van der Waals surface area contributed by atoms with Crippen LogP contribution in [0.2, 0.25) is 0 Å². The maximum atomic E-state index is 10.2. The van der Waals surface area contributed by atoms with Gasteiger partial charge >= 0.3 is 0 Å². The lowest BCUT2D eigenvalue weighted by atomic mass is 10.0. The quantitative estimate of drug-likeness (QED) is 0.832. The van der Waals surface area contributed by atoms with Crippen LogP contribution in [0.1, 0.15) is 30.1 Å². The maximum Gasteiger partial charge on any atom is 0.0917 e. The van der Waals surface area contributed by atoms with Crippen LogP contribution in [-0.2, 0) is 0 Å². The van der Waals surface area contributed by atoms with Gasteiger partial charge in [-0.2, -0.15) is 0 Å². The van der Waals surface area contributed by atoms with Crippen LogP contribution in [0.15, 0.2) is 24.3 Å². The number of hydrogen-bond donors (Lipinski definition) is 2. The van der Waals surface area contributed by atoms with Gasteiger partial charge in [-0.3, -0.25) is 0 Å². The van der Waals surface area contributed by atoms with Crippen LogP contribution in [0.4, 0.5) is 0 Å². The highest BCUT2D eigenvalue weighted by atomic mass is 16.3. The lowest BCUT2D eigenvalue weighted by molar-refractivity contribution is 0.0976. The number of aliphatic hydroxyl groups is 1. The van der Waals surface area contributed by atoms with Crippen molar-refractivity contribution >= 4 is 0 Å². The van der Waals surface area contributed by atoms with Crippen molar-refractivity contribution in [3.8, 4) is 0 Å². The number of rotatable bonds is 3. The van der Waals surface area contributed by atoms with E-state index in [4.69, 9.17) is 5.73 Å². The smallest absolute Gasteiger partial charge is 0.0917 e. The summed E-state index contributed by atoms with van der Waals surface area (Å²) in [4.78, 5) is 2.30. The van der Waals surface area contributed by atoms with Gasteiger partial charge in [0.25, 0.3) is 0 Å². The first-order valence-corrected chi connectivity index (χ1v) is 6.38. The average molecular weight is 234 g/mol. The highest BCUT2D eigenvalue weighted by molar-refractivity contribution is 5.24. The molecule has 0 bridgehead atoms. The van der Waals surface area contributed by atoms with Crippen molar-refractivity contribution in [2.75, 3.05) is 19.6 Å². The van der Waals surface area contributed by atoms with Crippen LogP contribution >= 0.6 is 0 Å². The molecule has 1 saturated heterocycles. The molecular formula is C14H22N2O. The summed E-state index contributed by atoms with van der Waals surface area (Å²) in [6.45, 7) is 4.78. The summed E-state index contributed by atoms with van der Waals surface area (Å²) in [5.41, 5.74) is 8.08. The SMILES string of the molecule is Cc1cccc(C(O)CN2CCC(N)CC2)c1. The van der Waals surface area contributed by atoms with Gasteiger partial charge in [-0.25, -0.2) is 0 Å². The zero-order valence-electron chi connectivity index (χ0n) is 10.5. The number of likely N-dealkylation sites (tertiary alicyclic amines) is 1. The van der Waals surface area contributed by atoms with E-state index in [1.54, 1.807) is 0 Å². The molecule has 0 radical (unpaired) electrons. The maximum absolute atomic E-state index is 10.2. The second-order valence-electron chi connectivity index (χ2n) is 5.07. The molecule has 3 heteroatoms. The summed E-state index contributed by atoms with van der Waals surface area (Å²) in [6.07, 6.45) is 1.70. The van der Waals surface area contributed by atoms with Gasteiger partial charge in [-0.05, 0) is 38.4 Å². The molecule has 1 unspecified atom stereocenters. The van der Waals surface area contributed by atoms with E-state index in [1.165, 1.54) is 5.56 Å². The Bertz CT molecular complexity index is 359. The molecule has 1 aliphatic heterocycles. The number of hydrogen-bond acceptors (Lipinski definition) is 3. The fraction of sp³-hybridized carbons (Fsp3) is 0.571. The van der Waals surface area contributed by atoms with Gasteiger partial charge in [0.15, 0.2) is 0 Å². The normalized spacial score (nSPS) is 20.4. The number of benzene rings is 1. The van der Waals surface area contributed by atoms with E-state index < -0.39 is 0 Å². The molecule has 0 amide bonds. The molecule has 0 spiro atoms. The number of nitrogens with zero attached hydrogens (tertiary/aromatic N) is 1. The van der Waals surface area contributed by atoms with E-state index in [-0.39, 0.29) is 6.10 Å². The van der Waals surface area contributed by atoms with E-state index in [0.717, 1.165) is 38.0 Å². The molecule has 1 aromatic carbocycles. The lowest BCUT2D eigenvalue weighted by Gasteiger charge is -2.31. The van der Waals surface area contributed by atoms with E-state index in [1.807, 2.05) is 12.1 Å². The van der Waals surface area contributed by atoms with Crippen LogP contribution in [0.3, 0.4) is 0 Å². The Hall–Kier alpha value is -0.900. The Kier molecular flexibility index (Phi) is 4.15. The Balaban J connectivity index is 1.90. The molecule has 0 saturated carbocycles. The van der Waals surface area contributed by atoms with Gasteiger partial charge in [-0.1, -0.05) is 29.8 Å². The molecule has 3 nitrogen and oxygen atoms in total. The number of β-amino-alcohol motifs (C(OH)–C–C–N with tert-alkyl or cyclic N) is 1. The average Bonchev–Trinajstić information content (AvgIpc) is 2.32. The second-order valence-corrected chi connectivity index (χ2v) is 5.07. The number of aliphatic hydroxyl groups excluding tert-OH is 1. The number of piperidine rings is 1. The minimum Gasteiger partial charge on any atom is -0.387 e. The molecule has 17 heavy (non-hydrogen) atoms. The van der Waals surface area contributed by atoms with Crippen LogP contribution in [0, 0.1) is 6.92 Å². The van der Waals surface area contributed by atoms with Crippen molar-refractivity contribution < 1.29 is 5.11 Å². The summed E-state index contributed by atoms with van der Waals surface area (Å²) in [5.74, 6) is 0. The molecule has 1 fully saturated rings. The van der Waals surface area contributed by atoms with Crippen LogP contribution in [-0.4, -0.2) is 35.7 Å². The first-order chi connectivity index (χ1) is 8.15.